The molecule has 28 heavy (non-hydrogen) atoms. The Morgan fingerprint density at radius 1 is 1.21 bits per heavy atom. The molecule has 0 aromatic heterocycles. The summed E-state index contributed by atoms with van der Waals surface area (Å²) >= 11 is 6.20. The topological polar surface area (TPSA) is 75.7 Å². The number of halogens is 1. The summed E-state index contributed by atoms with van der Waals surface area (Å²) < 4.78 is 32.9. The Hall–Kier alpha value is -2.09. The molecule has 0 radical (unpaired) electrons. The number of hydrogen-bond acceptors (Lipinski definition) is 4. The fourth-order valence-corrected chi connectivity index (χ4v) is 4.84. The van der Waals surface area contributed by atoms with Crippen LogP contribution >= 0.6 is 11.6 Å². The maximum absolute atomic E-state index is 13.0. The first-order valence-electron chi connectivity index (χ1n) is 9.06. The van der Waals surface area contributed by atoms with E-state index in [1.54, 1.807) is 0 Å². The normalized spacial score (nSPS) is 14.6. The monoisotopic (exact) mass is 422 g/mol. The number of carbonyl (C=O) groups is 1. The maximum atomic E-state index is 13.0. The summed E-state index contributed by atoms with van der Waals surface area (Å²) in [5, 5.41) is 2.86. The molecule has 0 fully saturated rings. The Kier molecular flexibility index (Phi) is 6.27. The molecular formula is C20H23ClN2O4S. The Morgan fingerprint density at radius 3 is 2.61 bits per heavy atom. The van der Waals surface area contributed by atoms with E-state index in [9.17, 15) is 13.2 Å². The van der Waals surface area contributed by atoms with Gasteiger partial charge in [-0.2, -0.15) is 4.31 Å². The van der Waals surface area contributed by atoms with Gasteiger partial charge in [0.15, 0.2) is 6.61 Å². The highest BCUT2D eigenvalue weighted by Gasteiger charge is 2.28. The number of amides is 1. The molecule has 2 aromatic rings. The minimum atomic E-state index is -3.68. The predicted octanol–water partition coefficient (Wildman–Crippen LogP) is 2.99. The van der Waals surface area contributed by atoms with E-state index in [0.29, 0.717) is 19.5 Å². The van der Waals surface area contributed by atoms with Crippen LogP contribution in [0.1, 0.15) is 25.0 Å². The average Bonchev–Trinajstić information content (AvgIpc) is 2.66. The fraction of sp³-hybridized carbons (Fsp3) is 0.350. The number of ether oxygens (including phenoxy) is 1. The van der Waals surface area contributed by atoms with E-state index in [0.717, 1.165) is 5.56 Å². The fourth-order valence-electron chi connectivity index (χ4n) is 3.09. The molecule has 150 valence electrons. The van der Waals surface area contributed by atoms with Gasteiger partial charge in [0.1, 0.15) is 5.75 Å². The Balaban J connectivity index is 1.73. The van der Waals surface area contributed by atoms with Crippen LogP contribution in [0.15, 0.2) is 47.4 Å². The average molecular weight is 423 g/mol. The second kappa shape index (κ2) is 8.51. The lowest BCUT2D eigenvalue weighted by molar-refractivity contribution is -0.123. The van der Waals surface area contributed by atoms with E-state index in [1.807, 2.05) is 38.1 Å². The molecule has 1 N–H and O–H groups in total. The first kappa shape index (κ1) is 20.6. The van der Waals surface area contributed by atoms with Crippen molar-refractivity contribution in [3.8, 4) is 5.75 Å². The van der Waals surface area contributed by atoms with Gasteiger partial charge in [0.25, 0.3) is 5.91 Å². The van der Waals surface area contributed by atoms with Crippen LogP contribution in [0.2, 0.25) is 5.02 Å². The molecule has 2 aromatic carbocycles. The summed E-state index contributed by atoms with van der Waals surface area (Å²) in [7, 11) is -3.68. The van der Waals surface area contributed by atoms with Crippen molar-refractivity contribution in [3.05, 3.63) is 58.6 Å². The van der Waals surface area contributed by atoms with E-state index in [2.05, 4.69) is 5.32 Å². The summed E-state index contributed by atoms with van der Waals surface area (Å²) in [5.74, 6) is -0.00161. The first-order chi connectivity index (χ1) is 13.3. The second-order valence-corrected chi connectivity index (χ2v) is 9.31. The van der Waals surface area contributed by atoms with E-state index >= 15 is 0 Å². The molecule has 1 aliphatic rings. The molecule has 0 saturated carbocycles. The number of fused-ring (bicyclic) bond motifs is 1. The van der Waals surface area contributed by atoms with Crippen LogP contribution < -0.4 is 10.1 Å². The van der Waals surface area contributed by atoms with Gasteiger partial charge in [0, 0.05) is 19.1 Å². The van der Waals surface area contributed by atoms with Crippen molar-refractivity contribution in [1.29, 1.82) is 0 Å². The molecule has 0 aliphatic carbocycles. The molecule has 1 heterocycles. The molecule has 8 heteroatoms. The van der Waals surface area contributed by atoms with Crippen molar-refractivity contribution in [2.75, 3.05) is 13.2 Å². The lowest BCUT2D eigenvalue weighted by Gasteiger charge is -2.28. The summed E-state index contributed by atoms with van der Waals surface area (Å²) in [6.45, 7) is 4.27. The van der Waals surface area contributed by atoms with Crippen molar-refractivity contribution in [1.82, 2.24) is 9.62 Å². The predicted molar refractivity (Wildman–Crippen MR) is 108 cm³/mol. The smallest absolute Gasteiger partial charge is 0.258 e. The van der Waals surface area contributed by atoms with E-state index in [-0.39, 0.29) is 34.2 Å². The number of benzene rings is 2. The van der Waals surface area contributed by atoms with Gasteiger partial charge in [-0.1, -0.05) is 35.9 Å². The highest BCUT2D eigenvalue weighted by Crippen LogP contribution is 2.30. The molecule has 3 rings (SSSR count). The van der Waals surface area contributed by atoms with Crippen molar-refractivity contribution in [2.24, 2.45) is 0 Å². The molecule has 0 spiro atoms. The molecule has 1 amide bonds. The minimum absolute atomic E-state index is 0.00812. The van der Waals surface area contributed by atoms with Gasteiger partial charge in [-0.25, -0.2) is 8.42 Å². The molecule has 1 aliphatic heterocycles. The number of carbonyl (C=O) groups excluding carboxylic acids is 1. The van der Waals surface area contributed by atoms with Crippen LogP contribution in [0, 0.1) is 0 Å². The van der Waals surface area contributed by atoms with Crippen LogP contribution in [0.5, 0.6) is 5.75 Å². The van der Waals surface area contributed by atoms with Crippen LogP contribution in [0.25, 0.3) is 0 Å². The van der Waals surface area contributed by atoms with Crippen LogP contribution in [0.3, 0.4) is 0 Å². The summed E-state index contributed by atoms with van der Waals surface area (Å²) in [6.07, 6.45) is 0.676. The molecule has 0 saturated heterocycles. The van der Waals surface area contributed by atoms with Crippen LogP contribution in [-0.4, -0.2) is 37.8 Å². The Labute approximate surface area is 170 Å². The van der Waals surface area contributed by atoms with Gasteiger partial charge in [0.2, 0.25) is 10.0 Å². The largest absolute Gasteiger partial charge is 0.482 e. The lowest BCUT2D eigenvalue weighted by Crippen LogP contribution is -2.36. The zero-order chi connectivity index (χ0) is 20.3. The van der Waals surface area contributed by atoms with E-state index in [1.165, 1.54) is 28.1 Å². The van der Waals surface area contributed by atoms with Crippen molar-refractivity contribution >= 4 is 27.5 Å². The number of hydrogen-bond donors (Lipinski definition) is 1. The number of rotatable bonds is 6. The quantitative estimate of drug-likeness (QED) is 0.776. The van der Waals surface area contributed by atoms with Crippen molar-refractivity contribution in [2.45, 2.75) is 37.8 Å². The minimum Gasteiger partial charge on any atom is -0.482 e. The van der Waals surface area contributed by atoms with Crippen LogP contribution in [0.4, 0.5) is 0 Å². The zero-order valence-corrected chi connectivity index (χ0v) is 17.4. The van der Waals surface area contributed by atoms with Gasteiger partial charge in [0.05, 0.1) is 9.92 Å². The van der Waals surface area contributed by atoms with E-state index < -0.39 is 10.0 Å². The Bertz CT molecular complexity index is 976. The number of nitrogens with one attached hydrogen (secondary N) is 1. The highest BCUT2D eigenvalue weighted by molar-refractivity contribution is 7.89. The molecule has 0 unspecified atom stereocenters. The van der Waals surface area contributed by atoms with Crippen molar-refractivity contribution < 1.29 is 17.9 Å². The molecule has 0 bridgehead atoms. The van der Waals surface area contributed by atoms with Gasteiger partial charge >= 0.3 is 0 Å². The molecule has 0 atom stereocenters. The van der Waals surface area contributed by atoms with Gasteiger partial charge in [-0.15, -0.1) is 0 Å². The third kappa shape index (κ3) is 4.66. The second-order valence-electron chi connectivity index (χ2n) is 6.96. The molecule has 6 nitrogen and oxygen atoms in total. The maximum Gasteiger partial charge on any atom is 0.258 e. The summed E-state index contributed by atoms with van der Waals surface area (Å²) in [5.41, 5.74) is 2.19. The standard InChI is InChI=1S/C20H23ClN2O4S/c1-14(2)22-20(24)13-27-19-8-7-17(11-18(19)21)28(25,26)23-10-9-15-5-3-4-6-16(15)12-23/h3-8,11,14H,9-10,12-13H2,1-2H3,(H,22,24). The highest BCUT2D eigenvalue weighted by atomic mass is 35.5. The zero-order valence-electron chi connectivity index (χ0n) is 15.8. The summed E-state index contributed by atoms with van der Waals surface area (Å²) in [4.78, 5) is 11.8. The number of sulfonamides is 1. The summed E-state index contributed by atoms with van der Waals surface area (Å²) in [6, 6.07) is 12.2. The first-order valence-corrected chi connectivity index (χ1v) is 10.9. The van der Waals surface area contributed by atoms with Crippen LogP contribution in [-0.2, 0) is 27.8 Å². The number of nitrogens with zero attached hydrogens (tertiary/aromatic N) is 1. The SMILES string of the molecule is CC(C)NC(=O)COc1ccc(S(=O)(=O)N2CCc3ccccc3C2)cc1Cl. The molecular weight excluding hydrogens is 400 g/mol. The Morgan fingerprint density at radius 2 is 1.93 bits per heavy atom. The van der Waals surface area contributed by atoms with E-state index in [4.69, 9.17) is 16.3 Å². The van der Waals surface area contributed by atoms with Gasteiger partial charge < -0.3 is 10.1 Å². The third-order valence-corrected chi connectivity index (χ3v) is 6.58. The van der Waals surface area contributed by atoms with Crippen molar-refractivity contribution in [3.63, 3.8) is 0 Å². The van der Waals surface area contributed by atoms with Gasteiger partial charge in [-0.05, 0) is 49.6 Å². The third-order valence-electron chi connectivity index (χ3n) is 4.45. The lowest BCUT2D eigenvalue weighted by atomic mass is 10.0. The van der Waals surface area contributed by atoms with Gasteiger partial charge in [-0.3, -0.25) is 4.79 Å².